The van der Waals surface area contributed by atoms with E-state index in [1.807, 2.05) is 57.1 Å². The molecule has 0 fully saturated rings. The summed E-state index contributed by atoms with van der Waals surface area (Å²) in [5.41, 5.74) is 3.77. The second-order valence-corrected chi connectivity index (χ2v) is 7.58. The van der Waals surface area contributed by atoms with E-state index in [2.05, 4.69) is 10.6 Å². The van der Waals surface area contributed by atoms with Crippen LogP contribution in [0.1, 0.15) is 33.1 Å². The number of rotatable bonds is 7. The maximum Gasteiger partial charge on any atom is 0.254 e. The third-order valence-corrected chi connectivity index (χ3v) is 5.00. The normalized spacial score (nSPS) is 11.7. The number of hydrogen-bond acceptors (Lipinski definition) is 4. The van der Waals surface area contributed by atoms with Crippen molar-refractivity contribution in [2.45, 2.75) is 19.9 Å². The first-order chi connectivity index (χ1) is 14.1. The van der Waals surface area contributed by atoms with Crippen molar-refractivity contribution in [2.24, 2.45) is 0 Å². The number of nitrogens with zero attached hydrogens (tertiary/aromatic N) is 2. The van der Waals surface area contributed by atoms with Gasteiger partial charge < -0.3 is 15.5 Å². The van der Waals surface area contributed by atoms with E-state index in [-0.39, 0.29) is 24.3 Å². The number of nitrogens with one attached hydrogen (secondary N) is 2. The van der Waals surface area contributed by atoms with E-state index >= 15 is 0 Å². The monoisotopic (exact) mass is 410 g/mol. The van der Waals surface area contributed by atoms with Crippen LogP contribution < -0.4 is 10.6 Å². The van der Waals surface area contributed by atoms with Crippen LogP contribution in [0.2, 0.25) is 0 Å². The molecule has 0 spiro atoms. The molecule has 0 aliphatic rings. The van der Waals surface area contributed by atoms with E-state index in [0.717, 1.165) is 16.7 Å². The lowest BCUT2D eigenvalue weighted by Crippen LogP contribution is -2.37. The second kappa shape index (κ2) is 10.0. The van der Waals surface area contributed by atoms with E-state index < -0.39 is 6.04 Å². The molecule has 0 radical (unpaired) electrons. The molecule has 1 atom stereocenters. The minimum atomic E-state index is -0.471. The van der Waals surface area contributed by atoms with Gasteiger partial charge in [-0.1, -0.05) is 30.3 Å². The molecule has 0 saturated carbocycles. The van der Waals surface area contributed by atoms with Crippen LogP contribution >= 0.6 is 0 Å². The molecule has 0 bridgehead atoms. The van der Waals surface area contributed by atoms with Crippen molar-refractivity contribution in [3.8, 4) is 0 Å². The Kier molecular flexibility index (Phi) is 7.72. The number of amides is 3. The zero-order valence-corrected chi connectivity index (χ0v) is 18.4. The van der Waals surface area contributed by atoms with Crippen LogP contribution in [-0.4, -0.2) is 62.3 Å². The highest BCUT2D eigenvalue weighted by molar-refractivity contribution is 6.00. The Balaban J connectivity index is 2.28. The average molecular weight is 411 g/mol. The SMILES string of the molecule is CNC(=O)CN(C)C(=O)c1ccc(C)c(NC(=O)C(c2ccccc2C)N(C)C)c1. The number of aryl methyl sites for hydroxylation is 2. The first-order valence-corrected chi connectivity index (χ1v) is 9.75. The fourth-order valence-corrected chi connectivity index (χ4v) is 3.22. The third-order valence-electron chi connectivity index (χ3n) is 5.00. The van der Waals surface area contributed by atoms with Crippen molar-refractivity contribution in [3.05, 3.63) is 64.7 Å². The molecule has 2 rings (SSSR count). The predicted molar refractivity (Wildman–Crippen MR) is 118 cm³/mol. The Morgan fingerprint density at radius 2 is 1.63 bits per heavy atom. The molecule has 7 heteroatoms. The van der Waals surface area contributed by atoms with Gasteiger partial charge in [0.15, 0.2) is 0 Å². The van der Waals surface area contributed by atoms with Crippen LogP contribution in [0.3, 0.4) is 0 Å². The van der Waals surface area contributed by atoms with Gasteiger partial charge in [0.05, 0.1) is 6.54 Å². The molecule has 3 amide bonds. The van der Waals surface area contributed by atoms with Crippen LogP contribution in [0.5, 0.6) is 0 Å². The molecular weight excluding hydrogens is 380 g/mol. The Morgan fingerprint density at radius 3 is 2.23 bits per heavy atom. The molecule has 0 aromatic heterocycles. The lowest BCUT2D eigenvalue weighted by atomic mass is 9.99. The molecule has 1 unspecified atom stereocenters. The summed E-state index contributed by atoms with van der Waals surface area (Å²) in [6.07, 6.45) is 0. The van der Waals surface area contributed by atoms with E-state index in [1.54, 1.807) is 25.2 Å². The largest absolute Gasteiger partial charge is 0.358 e. The molecule has 2 aromatic carbocycles. The van der Waals surface area contributed by atoms with Crippen LogP contribution in [0.15, 0.2) is 42.5 Å². The molecule has 30 heavy (non-hydrogen) atoms. The zero-order valence-electron chi connectivity index (χ0n) is 18.4. The maximum atomic E-state index is 13.2. The van der Waals surface area contributed by atoms with E-state index in [0.29, 0.717) is 11.3 Å². The molecular formula is C23H30N4O3. The van der Waals surface area contributed by atoms with Crippen molar-refractivity contribution >= 4 is 23.4 Å². The summed E-state index contributed by atoms with van der Waals surface area (Å²) in [5.74, 6) is -0.726. The maximum absolute atomic E-state index is 13.2. The summed E-state index contributed by atoms with van der Waals surface area (Å²) >= 11 is 0. The fourth-order valence-electron chi connectivity index (χ4n) is 3.22. The molecule has 0 aliphatic heterocycles. The zero-order chi connectivity index (χ0) is 22.4. The van der Waals surface area contributed by atoms with Crippen molar-refractivity contribution in [1.82, 2.24) is 15.1 Å². The quantitative estimate of drug-likeness (QED) is 0.734. The third kappa shape index (κ3) is 5.45. The Bertz CT molecular complexity index is 940. The lowest BCUT2D eigenvalue weighted by molar-refractivity contribution is -0.121. The number of carbonyl (C=O) groups excluding carboxylic acids is 3. The summed E-state index contributed by atoms with van der Waals surface area (Å²) in [5, 5.41) is 5.47. The van der Waals surface area contributed by atoms with E-state index in [4.69, 9.17) is 0 Å². The number of carbonyl (C=O) groups is 3. The number of hydrogen-bond donors (Lipinski definition) is 2. The van der Waals surface area contributed by atoms with Crippen molar-refractivity contribution < 1.29 is 14.4 Å². The van der Waals surface area contributed by atoms with Gasteiger partial charge in [-0.15, -0.1) is 0 Å². The Morgan fingerprint density at radius 1 is 0.967 bits per heavy atom. The molecule has 0 heterocycles. The van der Waals surface area contributed by atoms with Crippen LogP contribution in [0, 0.1) is 13.8 Å². The van der Waals surface area contributed by atoms with Crippen molar-refractivity contribution in [1.29, 1.82) is 0 Å². The summed E-state index contributed by atoms with van der Waals surface area (Å²) in [6, 6.07) is 12.4. The smallest absolute Gasteiger partial charge is 0.254 e. The van der Waals surface area contributed by atoms with Gasteiger partial charge >= 0.3 is 0 Å². The number of likely N-dealkylation sites (N-methyl/N-ethyl adjacent to an activating group) is 3. The average Bonchev–Trinajstić information content (AvgIpc) is 2.70. The first-order valence-electron chi connectivity index (χ1n) is 9.75. The Labute approximate surface area is 178 Å². The topological polar surface area (TPSA) is 81.8 Å². The number of anilines is 1. The van der Waals surface area contributed by atoms with Crippen molar-refractivity contribution in [3.63, 3.8) is 0 Å². The Hall–Kier alpha value is -3.19. The minimum absolute atomic E-state index is 0.0408. The number of benzene rings is 2. The summed E-state index contributed by atoms with van der Waals surface area (Å²) < 4.78 is 0. The van der Waals surface area contributed by atoms with Gasteiger partial charge in [-0.2, -0.15) is 0 Å². The van der Waals surface area contributed by atoms with Gasteiger partial charge in [0, 0.05) is 25.3 Å². The highest BCUT2D eigenvalue weighted by atomic mass is 16.2. The molecule has 2 N–H and O–H groups in total. The molecule has 2 aromatic rings. The molecule has 7 nitrogen and oxygen atoms in total. The van der Waals surface area contributed by atoms with Gasteiger partial charge in [-0.05, 0) is 56.8 Å². The van der Waals surface area contributed by atoms with E-state index in [1.165, 1.54) is 11.9 Å². The summed E-state index contributed by atoms with van der Waals surface area (Å²) in [7, 11) is 6.81. The molecule has 160 valence electrons. The van der Waals surface area contributed by atoms with Crippen LogP contribution in [0.4, 0.5) is 5.69 Å². The highest BCUT2D eigenvalue weighted by Crippen LogP contribution is 2.25. The summed E-state index contributed by atoms with van der Waals surface area (Å²) in [4.78, 5) is 40.6. The van der Waals surface area contributed by atoms with Crippen LogP contribution in [-0.2, 0) is 9.59 Å². The highest BCUT2D eigenvalue weighted by Gasteiger charge is 2.25. The predicted octanol–water partition coefficient (Wildman–Crippen LogP) is 2.36. The van der Waals surface area contributed by atoms with Crippen LogP contribution in [0.25, 0.3) is 0 Å². The van der Waals surface area contributed by atoms with Gasteiger partial charge in [0.1, 0.15) is 6.04 Å². The second-order valence-electron chi connectivity index (χ2n) is 7.58. The lowest BCUT2D eigenvalue weighted by Gasteiger charge is -2.26. The molecule has 0 saturated heterocycles. The first kappa shape index (κ1) is 23.1. The molecule has 0 aliphatic carbocycles. The minimum Gasteiger partial charge on any atom is -0.358 e. The standard InChI is InChI=1S/C23H30N4O3/c1-15-9-7-8-10-18(15)21(26(4)5)22(29)25-19-13-17(12-11-16(19)2)23(30)27(6)14-20(28)24-3/h7-13,21H,14H2,1-6H3,(H,24,28)(H,25,29). The van der Waals surface area contributed by atoms with E-state index in [9.17, 15) is 14.4 Å². The fraction of sp³-hybridized carbons (Fsp3) is 0.348. The van der Waals surface area contributed by atoms with Gasteiger partial charge in [0.25, 0.3) is 5.91 Å². The van der Waals surface area contributed by atoms with Gasteiger partial charge in [-0.3, -0.25) is 19.3 Å². The van der Waals surface area contributed by atoms with Gasteiger partial charge in [-0.25, -0.2) is 0 Å². The van der Waals surface area contributed by atoms with Gasteiger partial charge in [0.2, 0.25) is 11.8 Å². The van der Waals surface area contributed by atoms with Crippen molar-refractivity contribution in [2.75, 3.05) is 40.1 Å². The summed E-state index contributed by atoms with van der Waals surface area (Å²) in [6.45, 7) is 3.81.